The number of ether oxygens (including phenoxy) is 3. The van der Waals surface area contributed by atoms with Gasteiger partial charge in [-0.1, -0.05) is 11.6 Å². The van der Waals surface area contributed by atoms with E-state index in [0.29, 0.717) is 6.07 Å². The SMILES string of the molecule is COC(=O)C(=O)Nc1cc(OCCCOc2ccc(C(C)=O)c(O)c2CCC(F)(F)F)c(Cl)cc1C(F)(F)F. The number of phenolic OH excluding ortho intramolecular Hbond substituents is 1. The zero-order valence-electron chi connectivity index (χ0n) is 20.4. The van der Waals surface area contributed by atoms with Crippen LogP contribution in [0.5, 0.6) is 17.2 Å². The van der Waals surface area contributed by atoms with E-state index in [0.717, 1.165) is 20.1 Å². The Morgan fingerprint density at radius 3 is 2.15 bits per heavy atom. The third-order valence-electron chi connectivity index (χ3n) is 5.08. The Bertz CT molecular complexity index is 1230. The molecule has 0 aliphatic rings. The molecule has 8 nitrogen and oxygen atoms in total. The second-order valence-electron chi connectivity index (χ2n) is 7.93. The third kappa shape index (κ3) is 8.94. The fourth-order valence-electron chi connectivity index (χ4n) is 3.24. The van der Waals surface area contributed by atoms with Crippen LogP contribution in [0.2, 0.25) is 5.02 Å². The number of halogens is 7. The van der Waals surface area contributed by atoms with Crippen molar-refractivity contribution in [3.8, 4) is 17.2 Å². The van der Waals surface area contributed by atoms with Crippen LogP contribution in [0.4, 0.5) is 32.0 Å². The van der Waals surface area contributed by atoms with Crippen molar-refractivity contribution in [3.63, 3.8) is 0 Å². The molecule has 0 unspecified atom stereocenters. The lowest BCUT2D eigenvalue weighted by molar-refractivity contribution is -0.150. The molecule has 0 saturated carbocycles. The molecule has 0 bridgehead atoms. The molecular weight excluding hydrogens is 564 g/mol. The number of amides is 1. The lowest BCUT2D eigenvalue weighted by atomic mass is 10.0. The zero-order chi connectivity index (χ0) is 29.5. The van der Waals surface area contributed by atoms with Crippen molar-refractivity contribution in [2.75, 3.05) is 25.6 Å². The largest absolute Gasteiger partial charge is 0.507 e. The summed E-state index contributed by atoms with van der Waals surface area (Å²) in [5, 5.41) is 11.6. The number of rotatable bonds is 10. The first-order valence-electron chi connectivity index (χ1n) is 11.0. The molecule has 0 heterocycles. The van der Waals surface area contributed by atoms with Gasteiger partial charge in [-0.15, -0.1) is 0 Å². The Labute approximate surface area is 222 Å². The molecular formula is C24H22ClF6NO7. The van der Waals surface area contributed by atoms with Crippen molar-refractivity contribution < 1.29 is 60.0 Å². The number of methoxy groups -OCH3 is 1. The van der Waals surface area contributed by atoms with Crippen LogP contribution < -0.4 is 14.8 Å². The van der Waals surface area contributed by atoms with Crippen LogP contribution >= 0.6 is 11.6 Å². The van der Waals surface area contributed by atoms with Gasteiger partial charge in [0.15, 0.2) is 5.78 Å². The number of phenols is 1. The highest BCUT2D eigenvalue weighted by molar-refractivity contribution is 6.37. The molecule has 2 rings (SSSR count). The van der Waals surface area contributed by atoms with E-state index < -0.39 is 64.9 Å². The molecule has 0 atom stereocenters. The molecule has 0 fully saturated rings. The first-order chi connectivity index (χ1) is 18.0. The zero-order valence-corrected chi connectivity index (χ0v) is 21.1. The van der Waals surface area contributed by atoms with E-state index in [-0.39, 0.29) is 42.3 Å². The molecule has 0 radical (unpaired) electrons. The number of ketones is 1. The van der Waals surface area contributed by atoms with Gasteiger partial charge in [0.25, 0.3) is 0 Å². The molecule has 0 aromatic heterocycles. The molecule has 0 aliphatic carbocycles. The monoisotopic (exact) mass is 585 g/mol. The number of carbonyl (C=O) groups is 3. The lowest BCUT2D eigenvalue weighted by Crippen LogP contribution is -2.25. The minimum atomic E-state index is -4.94. The number of hydrogen-bond acceptors (Lipinski definition) is 7. The van der Waals surface area contributed by atoms with Crippen LogP contribution in [0.3, 0.4) is 0 Å². The maximum Gasteiger partial charge on any atom is 0.418 e. The lowest BCUT2D eigenvalue weighted by Gasteiger charge is -2.17. The summed E-state index contributed by atoms with van der Waals surface area (Å²) < 4.78 is 93.3. The number of anilines is 1. The van der Waals surface area contributed by atoms with E-state index in [9.17, 15) is 45.8 Å². The van der Waals surface area contributed by atoms with Gasteiger partial charge in [0.1, 0.15) is 17.2 Å². The fourth-order valence-corrected chi connectivity index (χ4v) is 3.45. The predicted molar refractivity (Wildman–Crippen MR) is 125 cm³/mol. The van der Waals surface area contributed by atoms with Gasteiger partial charge in [0, 0.05) is 24.5 Å². The average Bonchev–Trinajstić information content (AvgIpc) is 2.82. The number of esters is 1. The molecule has 0 saturated heterocycles. The van der Waals surface area contributed by atoms with Crippen LogP contribution in [0.1, 0.15) is 41.3 Å². The second-order valence-corrected chi connectivity index (χ2v) is 8.34. The van der Waals surface area contributed by atoms with Crippen molar-refractivity contribution in [1.29, 1.82) is 0 Å². The molecule has 39 heavy (non-hydrogen) atoms. The standard InChI is InChI=1S/C24H22ClF6NO7/c1-12(33)13-4-5-18(14(20(13)34)6-7-23(26,27)28)38-8-3-9-39-19-11-17(32-21(35)22(36)37-2)15(10-16(19)25)24(29,30)31/h4-5,10-11,34H,3,6-9H2,1-2H3,(H,32,35). The summed E-state index contributed by atoms with van der Waals surface area (Å²) in [5.41, 5.74) is -2.54. The number of nitrogens with one attached hydrogen (secondary N) is 1. The molecule has 0 spiro atoms. The van der Waals surface area contributed by atoms with Crippen LogP contribution in [0, 0.1) is 0 Å². The van der Waals surface area contributed by atoms with Gasteiger partial charge >= 0.3 is 24.2 Å². The first-order valence-corrected chi connectivity index (χ1v) is 11.4. The van der Waals surface area contributed by atoms with E-state index in [4.69, 9.17) is 21.1 Å². The van der Waals surface area contributed by atoms with Crippen molar-refractivity contribution >= 4 is 34.9 Å². The highest BCUT2D eigenvalue weighted by atomic mass is 35.5. The summed E-state index contributed by atoms with van der Waals surface area (Å²) in [6, 6.07) is 3.70. The summed E-state index contributed by atoms with van der Waals surface area (Å²) in [5.74, 6) is -4.46. The Balaban J connectivity index is 2.13. The molecule has 2 aromatic rings. The smallest absolute Gasteiger partial charge is 0.418 e. The molecule has 214 valence electrons. The van der Waals surface area contributed by atoms with E-state index in [1.54, 1.807) is 5.32 Å². The Kier molecular flexibility index (Phi) is 10.4. The number of alkyl halides is 6. The summed E-state index contributed by atoms with van der Waals surface area (Å²) in [6.07, 6.45) is -11.3. The van der Waals surface area contributed by atoms with Crippen molar-refractivity contribution in [2.45, 2.75) is 38.5 Å². The van der Waals surface area contributed by atoms with Gasteiger partial charge < -0.3 is 24.6 Å². The fraction of sp³-hybridized carbons (Fsp3) is 0.375. The normalized spacial score (nSPS) is 11.6. The third-order valence-corrected chi connectivity index (χ3v) is 5.37. The topological polar surface area (TPSA) is 111 Å². The van der Waals surface area contributed by atoms with Crippen molar-refractivity contribution in [2.24, 2.45) is 0 Å². The number of hydrogen-bond donors (Lipinski definition) is 2. The summed E-state index contributed by atoms with van der Waals surface area (Å²) in [6.45, 7) is 0.770. The second kappa shape index (κ2) is 12.9. The highest BCUT2D eigenvalue weighted by Crippen LogP contribution is 2.41. The van der Waals surface area contributed by atoms with Gasteiger partial charge in [0.05, 0.1) is 42.2 Å². The first kappa shape index (κ1) is 31.5. The van der Waals surface area contributed by atoms with Crippen LogP contribution in [0.25, 0.3) is 0 Å². The van der Waals surface area contributed by atoms with Crippen molar-refractivity contribution in [3.05, 3.63) is 46.0 Å². The minimum Gasteiger partial charge on any atom is -0.507 e. The molecule has 2 N–H and O–H groups in total. The van der Waals surface area contributed by atoms with Crippen LogP contribution in [0.15, 0.2) is 24.3 Å². The molecule has 15 heteroatoms. The number of carbonyl (C=O) groups excluding carboxylic acids is 3. The minimum absolute atomic E-state index is 0.0507. The maximum atomic E-state index is 13.4. The quantitative estimate of drug-likeness (QED) is 0.121. The van der Waals surface area contributed by atoms with E-state index in [1.807, 2.05) is 0 Å². The Hall–Kier alpha value is -3.68. The summed E-state index contributed by atoms with van der Waals surface area (Å²) in [4.78, 5) is 34.7. The van der Waals surface area contributed by atoms with Crippen LogP contribution in [-0.4, -0.2) is 49.3 Å². The highest BCUT2D eigenvalue weighted by Gasteiger charge is 2.36. The Morgan fingerprint density at radius 2 is 1.62 bits per heavy atom. The predicted octanol–water partition coefficient (Wildman–Crippen LogP) is 5.72. The number of benzene rings is 2. The number of Topliss-reactive ketones (excluding diaryl/α,β-unsaturated/α-hetero) is 1. The average molecular weight is 586 g/mol. The van der Waals surface area contributed by atoms with E-state index >= 15 is 0 Å². The van der Waals surface area contributed by atoms with Crippen LogP contribution in [-0.2, 0) is 26.9 Å². The van der Waals surface area contributed by atoms with Gasteiger partial charge in [-0.2, -0.15) is 26.3 Å². The molecule has 2 aromatic carbocycles. The van der Waals surface area contributed by atoms with Gasteiger partial charge in [-0.3, -0.25) is 9.59 Å². The summed E-state index contributed by atoms with van der Waals surface area (Å²) >= 11 is 5.88. The van der Waals surface area contributed by atoms with Crippen molar-refractivity contribution in [1.82, 2.24) is 0 Å². The van der Waals surface area contributed by atoms with E-state index in [2.05, 4.69) is 4.74 Å². The number of aromatic hydroxyl groups is 1. The summed E-state index contributed by atoms with van der Waals surface area (Å²) in [7, 11) is 0.864. The maximum absolute atomic E-state index is 13.4. The molecule has 1 amide bonds. The van der Waals surface area contributed by atoms with E-state index in [1.165, 1.54) is 12.1 Å². The Morgan fingerprint density at radius 1 is 1.00 bits per heavy atom. The van der Waals surface area contributed by atoms with Gasteiger partial charge in [0.2, 0.25) is 0 Å². The van der Waals surface area contributed by atoms with Gasteiger partial charge in [-0.05, 0) is 31.5 Å². The molecule has 0 aliphatic heterocycles. The van der Waals surface area contributed by atoms with Gasteiger partial charge in [-0.25, -0.2) is 4.79 Å².